The van der Waals surface area contributed by atoms with Gasteiger partial charge >= 0.3 is 6.03 Å². The van der Waals surface area contributed by atoms with Crippen LogP contribution in [0, 0.1) is 0 Å². The monoisotopic (exact) mass is 354 g/mol. The highest BCUT2D eigenvalue weighted by atomic mass is 32.2. The molecule has 1 N–H and O–H groups in total. The van der Waals surface area contributed by atoms with Crippen LogP contribution in [-0.2, 0) is 14.6 Å². The summed E-state index contributed by atoms with van der Waals surface area (Å²) in [5.41, 5.74) is 0.879. The molecule has 0 aromatic heterocycles. The number of ether oxygens (including phenoxy) is 1. The Hall–Kier alpha value is -1.60. The first kappa shape index (κ1) is 18.7. The maximum Gasteiger partial charge on any atom is 0.317 e. The molecule has 1 heterocycles. The smallest absolute Gasteiger partial charge is 0.317 e. The first-order chi connectivity index (χ1) is 11.2. The topological polar surface area (TPSA) is 75.7 Å². The maximum atomic E-state index is 12.4. The maximum absolute atomic E-state index is 12.4. The van der Waals surface area contributed by atoms with Crippen molar-refractivity contribution in [2.24, 2.45) is 0 Å². The molecule has 1 fully saturated rings. The number of hydrogen-bond acceptors (Lipinski definition) is 4. The Balaban J connectivity index is 1.99. The van der Waals surface area contributed by atoms with E-state index in [1.807, 2.05) is 13.8 Å². The lowest BCUT2D eigenvalue weighted by Gasteiger charge is -2.29. The summed E-state index contributed by atoms with van der Waals surface area (Å²) in [6, 6.07) is 6.25. The average molecular weight is 354 g/mol. The number of carbonyl (C=O) groups excluding carboxylic acids is 1. The van der Waals surface area contributed by atoms with E-state index in [2.05, 4.69) is 5.32 Å². The SMILES string of the molecule is CC(NC(=O)N(C)C(C)c1ccc(S(C)(=O)=O)cc1)C1CCCO1. The Labute approximate surface area is 144 Å². The summed E-state index contributed by atoms with van der Waals surface area (Å²) in [7, 11) is -1.49. The van der Waals surface area contributed by atoms with E-state index in [4.69, 9.17) is 4.74 Å². The van der Waals surface area contributed by atoms with Gasteiger partial charge in [-0.1, -0.05) is 12.1 Å². The van der Waals surface area contributed by atoms with Gasteiger partial charge in [0.15, 0.2) is 9.84 Å². The summed E-state index contributed by atoms with van der Waals surface area (Å²) >= 11 is 0. The van der Waals surface area contributed by atoms with E-state index in [1.165, 1.54) is 6.26 Å². The zero-order chi connectivity index (χ0) is 17.9. The van der Waals surface area contributed by atoms with Gasteiger partial charge in [0, 0.05) is 19.9 Å². The molecule has 1 aromatic rings. The molecular formula is C17H26N2O4S. The van der Waals surface area contributed by atoms with Gasteiger partial charge in [-0.25, -0.2) is 13.2 Å². The minimum atomic E-state index is -3.21. The number of rotatable bonds is 5. The van der Waals surface area contributed by atoms with Crippen molar-refractivity contribution in [2.75, 3.05) is 19.9 Å². The van der Waals surface area contributed by atoms with Crippen LogP contribution in [0.1, 0.15) is 38.3 Å². The standard InChI is InChI=1S/C17H26N2O4S/c1-12(16-6-5-11-23-16)18-17(20)19(3)13(2)14-7-9-15(10-8-14)24(4,21)22/h7-10,12-13,16H,5-6,11H2,1-4H3,(H,18,20). The fourth-order valence-electron chi connectivity index (χ4n) is 2.78. The molecule has 0 bridgehead atoms. The van der Waals surface area contributed by atoms with Crippen LogP contribution in [0.25, 0.3) is 0 Å². The minimum Gasteiger partial charge on any atom is -0.376 e. The fraction of sp³-hybridized carbons (Fsp3) is 0.588. The number of nitrogens with zero attached hydrogens (tertiary/aromatic N) is 1. The Morgan fingerprint density at radius 2 is 1.92 bits per heavy atom. The number of carbonyl (C=O) groups is 1. The van der Waals surface area contributed by atoms with Gasteiger partial charge in [-0.3, -0.25) is 0 Å². The predicted molar refractivity (Wildman–Crippen MR) is 92.7 cm³/mol. The summed E-state index contributed by atoms with van der Waals surface area (Å²) in [5.74, 6) is 0. The Bertz CT molecular complexity index is 666. The van der Waals surface area contributed by atoms with Crippen molar-refractivity contribution in [2.45, 2.75) is 49.8 Å². The third kappa shape index (κ3) is 4.48. The fourth-order valence-corrected chi connectivity index (χ4v) is 3.41. The first-order valence-corrected chi connectivity index (χ1v) is 10.0. The third-order valence-corrected chi connectivity index (χ3v) is 5.69. The molecule has 3 unspecified atom stereocenters. The average Bonchev–Trinajstić information content (AvgIpc) is 3.07. The summed E-state index contributed by atoms with van der Waals surface area (Å²) in [4.78, 5) is 14.3. The molecule has 1 aliphatic heterocycles. The molecule has 3 atom stereocenters. The summed E-state index contributed by atoms with van der Waals surface area (Å²) in [5, 5.41) is 2.97. The summed E-state index contributed by atoms with van der Waals surface area (Å²) in [6.45, 7) is 4.61. The van der Waals surface area contributed by atoms with Crippen LogP contribution in [0.2, 0.25) is 0 Å². The zero-order valence-electron chi connectivity index (χ0n) is 14.7. The first-order valence-electron chi connectivity index (χ1n) is 8.15. The number of hydrogen-bond donors (Lipinski definition) is 1. The van der Waals surface area contributed by atoms with Crippen molar-refractivity contribution in [1.82, 2.24) is 10.2 Å². The van der Waals surface area contributed by atoms with E-state index in [1.54, 1.807) is 36.2 Å². The molecule has 7 heteroatoms. The number of benzene rings is 1. The highest BCUT2D eigenvalue weighted by Gasteiger charge is 2.26. The second-order valence-electron chi connectivity index (χ2n) is 6.42. The van der Waals surface area contributed by atoms with Crippen molar-refractivity contribution in [1.29, 1.82) is 0 Å². The Morgan fingerprint density at radius 1 is 1.29 bits per heavy atom. The number of amides is 2. The lowest BCUT2D eigenvalue weighted by Crippen LogP contribution is -2.47. The van der Waals surface area contributed by atoms with Crippen molar-refractivity contribution < 1.29 is 17.9 Å². The molecule has 2 amide bonds. The second kappa shape index (κ2) is 7.53. The van der Waals surface area contributed by atoms with Gasteiger partial charge in [0.25, 0.3) is 0 Å². The van der Waals surface area contributed by atoms with Crippen LogP contribution < -0.4 is 5.32 Å². The van der Waals surface area contributed by atoms with Crippen LogP contribution in [0.3, 0.4) is 0 Å². The van der Waals surface area contributed by atoms with Gasteiger partial charge in [-0.2, -0.15) is 0 Å². The quantitative estimate of drug-likeness (QED) is 0.881. The molecule has 6 nitrogen and oxygen atoms in total. The van der Waals surface area contributed by atoms with Gasteiger partial charge in [0.1, 0.15) is 0 Å². The van der Waals surface area contributed by atoms with E-state index in [-0.39, 0.29) is 29.1 Å². The zero-order valence-corrected chi connectivity index (χ0v) is 15.5. The Kier molecular flexibility index (Phi) is 5.87. The number of urea groups is 1. The molecule has 1 aliphatic rings. The van der Waals surface area contributed by atoms with Crippen LogP contribution in [0.5, 0.6) is 0 Å². The van der Waals surface area contributed by atoms with Crippen molar-refractivity contribution in [3.05, 3.63) is 29.8 Å². The van der Waals surface area contributed by atoms with Crippen LogP contribution >= 0.6 is 0 Å². The summed E-state index contributed by atoms with van der Waals surface area (Å²) < 4.78 is 28.6. The van der Waals surface area contributed by atoms with E-state index < -0.39 is 9.84 Å². The van der Waals surface area contributed by atoms with Crippen LogP contribution in [-0.4, -0.2) is 51.4 Å². The van der Waals surface area contributed by atoms with Gasteiger partial charge in [0.2, 0.25) is 0 Å². The molecule has 0 aliphatic carbocycles. The minimum absolute atomic E-state index is 0.0396. The number of sulfone groups is 1. The van der Waals surface area contributed by atoms with Gasteiger partial charge < -0.3 is 15.0 Å². The molecule has 134 valence electrons. The van der Waals surface area contributed by atoms with Crippen LogP contribution in [0.15, 0.2) is 29.2 Å². The largest absolute Gasteiger partial charge is 0.376 e. The van der Waals surface area contributed by atoms with E-state index >= 15 is 0 Å². The summed E-state index contributed by atoms with van der Waals surface area (Å²) in [6.07, 6.45) is 3.25. The van der Waals surface area contributed by atoms with E-state index in [0.29, 0.717) is 0 Å². The highest BCUT2D eigenvalue weighted by Crippen LogP contribution is 2.21. The van der Waals surface area contributed by atoms with Gasteiger partial charge in [-0.15, -0.1) is 0 Å². The third-order valence-electron chi connectivity index (χ3n) is 4.57. The van der Waals surface area contributed by atoms with Crippen molar-refractivity contribution >= 4 is 15.9 Å². The molecule has 24 heavy (non-hydrogen) atoms. The lowest BCUT2D eigenvalue weighted by atomic mass is 10.1. The molecule has 1 saturated heterocycles. The lowest BCUT2D eigenvalue weighted by molar-refractivity contribution is 0.0830. The molecule has 0 radical (unpaired) electrons. The normalized spacial score (nSPS) is 20.4. The van der Waals surface area contributed by atoms with Crippen LogP contribution in [0.4, 0.5) is 4.79 Å². The molecule has 0 saturated carbocycles. The predicted octanol–water partition coefficient (Wildman–Crippen LogP) is 2.36. The molecule has 1 aromatic carbocycles. The van der Waals surface area contributed by atoms with Gasteiger partial charge in [-0.05, 0) is 44.4 Å². The second-order valence-corrected chi connectivity index (χ2v) is 8.43. The van der Waals surface area contributed by atoms with Gasteiger partial charge in [0.05, 0.1) is 23.1 Å². The van der Waals surface area contributed by atoms with E-state index in [0.717, 1.165) is 25.0 Å². The highest BCUT2D eigenvalue weighted by molar-refractivity contribution is 7.90. The van der Waals surface area contributed by atoms with E-state index in [9.17, 15) is 13.2 Å². The Morgan fingerprint density at radius 3 is 2.42 bits per heavy atom. The van der Waals surface area contributed by atoms with Crippen molar-refractivity contribution in [3.63, 3.8) is 0 Å². The molecule has 0 spiro atoms. The number of nitrogens with one attached hydrogen (secondary N) is 1. The molecular weight excluding hydrogens is 328 g/mol. The molecule has 2 rings (SSSR count). The van der Waals surface area contributed by atoms with Crippen molar-refractivity contribution in [3.8, 4) is 0 Å².